The first-order chi connectivity index (χ1) is 19.2. The van der Waals surface area contributed by atoms with Gasteiger partial charge in [0.1, 0.15) is 28.5 Å². The first kappa shape index (κ1) is 27.3. The Morgan fingerprint density at radius 2 is 2.00 bits per heavy atom. The van der Waals surface area contributed by atoms with Gasteiger partial charge in [-0.2, -0.15) is 5.10 Å². The number of nitrogens with two attached hydrogens (primary N) is 1. The molecule has 1 aliphatic rings. The van der Waals surface area contributed by atoms with E-state index in [0.717, 1.165) is 29.5 Å². The van der Waals surface area contributed by atoms with Crippen LogP contribution in [0.5, 0.6) is 5.75 Å². The lowest BCUT2D eigenvalue weighted by Crippen LogP contribution is -2.40. The van der Waals surface area contributed by atoms with Crippen LogP contribution in [-0.2, 0) is 21.4 Å². The summed E-state index contributed by atoms with van der Waals surface area (Å²) in [7, 11) is -2.35. The van der Waals surface area contributed by atoms with Gasteiger partial charge in [-0.3, -0.25) is 4.79 Å². The molecule has 1 fully saturated rings. The van der Waals surface area contributed by atoms with Crippen LogP contribution >= 0.6 is 0 Å². The molecule has 2 aromatic carbocycles. The number of likely N-dealkylation sites (tertiary alicyclic amines) is 1. The van der Waals surface area contributed by atoms with Crippen molar-refractivity contribution in [1.82, 2.24) is 29.4 Å². The molecule has 5 rings (SSSR count). The number of carbonyl (C=O) groups excluding carboxylic acids is 1. The highest BCUT2D eigenvalue weighted by Crippen LogP contribution is 2.34. The Bertz CT molecular complexity index is 1680. The summed E-state index contributed by atoms with van der Waals surface area (Å²) in [4.78, 5) is 22.7. The normalized spacial score (nSPS) is 15.8. The first-order valence-corrected chi connectivity index (χ1v) is 14.3. The van der Waals surface area contributed by atoms with Gasteiger partial charge >= 0.3 is 0 Å². The number of hydrogen-bond donors (Lipinski definition) is 2. The Balaban J connectivity index is 1.40. The molecule has 2 aromatic heterocycles. The van der Waals surface area contributed by atoms with Gasteiger partial charge in [0.2, 0.25) is 15.9 Å². The highest BCUT2D eigenvalue weighted by molar-refractivity contribution is 7.89. The van der Waals surface area contributed by atoms with E-state index in [1.54, 1.807) is 17.0 Å². The van der Waals surface area contributed by atoms with Crippen LogP contribution in [0.25, 0.3) is 22.3 Å². The molecule has 0 unspecified atom stereocenters. The summed E-state index contributed by atoms with van der Waals surface area (Å²) in [5.74, 6) is 0.493. The predicted octanol–water partition coefficient (Wildman–Crippen LogP) is 3.22. The minimum Gasteiger partial charge on any atom is -0.495 e. The van der Waals surface area contributed by atoms with Crippen LogP contribution in [-0.4, -0.2) is 59.2 Å². The van der Waals surface area contributed by atoms with E-state index < -0.39 is 10.0 Å². The number of nitrogen functional groups attached to an aromatic ring is 1. The molecule has 3 N–H and O–H groups in total. The zero-order valence-corrected chi connectivity index (χ0v) is 23.2. The number of sulfonamides is 1. The number of carbonyl (C=O) groups is 1. The number of aryl methyl sites for hydroxylation is 1. The molecule has 1 saturated heterocycles. The molecular formula is C28H31N7O4S. The third kappa shape index (κ3) is 5.27. The molecule has 3 heterocycles. The van der Waals surface area contributed by atoms with Crippen LogP contribution in [0, 0.1) is 6.92 Å². The standard InChI is InChI=1S/C28H31N7O4S/c1-4-24(36)34-13-5-6-21(16-34)35-28-25(27(29)30-17-31-28)26(33-35)20-10-8-19(9-11-20)15-32-40(37,38)23-12-7-18(2)14-22(23)39-3/h4,7-12,14,17,21,32H,1,5-6,13,15-16H2,2-3H3,(H2,29,30,31)/t21-/m1/s1. The highest BCUT2D eigenvalue weighted by Gasteiger charge is 2.28. The van der Waals surface area contributed by atoms with Crippen molar-refractivity contribution >= 4 is 32.8 Å². The minimum atomic E-state index is -3.79. The van der Waals surface area contributed by atoms with Gasteiger partial charge in [0.25, 0.3) is 0 Å². The van der Waals surface area contributed by atoms with Crippen molar-refractivity contribution in [3.05, 3.63) is 72.6 Å². The predicted molar refractivity (Wildman–Crippen MR) is 152 cm³/mol. The number of nitrogens with one attached hydrogen (secondary N) is 1. The molecule has 1 amide bonds. The largest absolute Gasteiger partial charge is 0.495 e. The second-order valence-corrected chi connectivity index (χ2v) is 11.4. The Kier molecular flexibility index (Phi) is 7.55. The van der Waals surface area contributed by atoms with E-state index in [-0.39, 0.29) is 23.4 Å². The first-order valence-electron chi connectivity index (χ1n) is 12.9. The van der Waals surface area contributed by atoms with E-state index in [1.165, 1.54) is 25.6 Å². The van der Waals surface area contributed by atoms with E-state index >= 15 is 0 Å². The number of amides is 1. The second-order valence-electron chi connectivity index (χ2n) is 9.71. The van der Waals surface area contributed by atoms with E-state index in [2.05, 4.69) is 21.3 Å². The molecule has 1 aliphatic heterocycles. The number of methoxy groups -OCH3 is 1. The maximum Gasteiger partial charge on any atom is 0.246 e. The molecule has 0 radical (unpaired) electrons. The van der Waals surface area contributed by atoms with E-state index in [1.807, 2.05) is 35.9 Å². The summed E-state index contributed by atoms with van der Waals surface area (Å²) < 4.78 is 35.6. The second kappa shape index (κ2) is 11.1. The number of fused-ring (bicyclic) bond motifs is 1. The lowest BCUT2D eigenvalue weighted by Gasteiger charge is -2.32. The lowest BCUT2D eigenvalue weighted by atomic mass is 10.1. The molecule has 0 saturated carbocycles. The van der Waals surface area contributed by atoms with E-state index in [9.17, 15) is 13.2 Å². The maximum atomic E-state index is 12.9. The summed E-state index contributed by atoms with van der Waals surface area (Å²) in [6.45, 7) is 6.73. The zero-order chi connectivity index (χ0) is 28.4. The van der Waals surface area contributed by atoms with Crippen molar-refractivity contribution in [2.75, 3.05) is 25.9 Å². The van der Waals surface area contributed by atoms with Crippen LogP contribution in [0.15, 0.2) is 66.3 Å². The fraction of sp³-hybridized carbons (Fsp3) is 0.286. The van der Waals surface area contributed by atoms with Crippen molar-refractivity contribution in [1.29, 1.82) is 0 Å². The van der Waals surface area contributed by atoms with Gasteiger partial charge < -0.3 is 15.4 Å². The molecule has 12 heteroatoms. The smallest absolute Gasteiger partial charge is 0.246 e. The van der Waals surface area contributed by atoms with E-state index in [0.29, 0.717) is 41.4 Å². The molecule has 0 aliphatic carbocycles. The lowest BCUT2D eigenvalue weighted by molar-refractivity contribution is -0.127. The van der Waals surface area contributed by atoms with Crippen LogP contribution in [0.1, 0.15) is 30.0 Å². The SMILES string of the molecule is C=CC(=O)N1CCC[C@@H](n2nc(-c3ccc(CNS(=O)(=O)c4ccc(C)cc4OC)cc3)c3c(N)ncnc32)C1. The number of aromatic nitrogens is 4. The zero-order valence-electron chi connectivity index (χ0n) is 22.4. The molecule has 208 valence electrons. The molecule has 1 atom stereocenters. The van der Waals surface area contributed by atoms with Crippen molar-refractivity contribution in [3.63, 3.8) is 0 Å². The van der Waals surface area contributed by atoms with Gasteiger partial charge in [-0.05, 0) is 49.1 Å². The molecule has 0 bridgehead atoms. The van der Waals surface area contributed by atoms with E-state index in [4.69, 9.17) is 15.6 Å². The van der Waals surface area contributed by atoms with Gasteiger partial charge in [0, 0.05) is 25.2 Å². The number of benzene rings is 2. The summed E-state index contributed by atoms with van der Waals surface area (Å²) in [5.41, 5.74) is 9.95. The average Bonchev–Trinajstić information content (AvgIpc) is 3.37. The van der Waals surface area contributed by atoms with Crippen LogP contribution < -0.4 is 15.2 Å². The Morgan fingerprint density at radius 3 is 2.73 bits per heavy atom. The number of hydrogen-bond acceptors (Lipinski definition) is 8. The molecular weight excluding hydrogens is 530 g/mol. The number of ether oxygens (including phenoxy) is 1. The van der Waals surface area contributed by atoms with Crippen molar-refractivity contribution in [2.24, 2.45) is 0 Å². The maximum absolute atomic E-state index is 12.9. The molecule has 40 heavy (non-hydrogen) atoms. The van der Waals surface area contributed by atoms with Crippen molar-refractivity contribution in [3.8, 4) is 17.0 Å². The number of rotatable bonds is 8. The fourth-order valence-electron chi connectivity index (χ4n) is 4.97. The van der Waals surface area contributed by atoms with Gasteiger partial charge in [0.05, 0.1) is 18.5 Å². The monoisotopic (exact) mass is 561 g/mol. The molecule has 4 aromatic rings. The Morgan fingerprint density at radius 1 is 1.23 bits per heavy atom. The third-order valence-corrected chi connectivity index (χ3v) is 8.49. The topological polar surface area (TPSA) is 145 Å². The minimum absolute atomic E-state index is 0.0735. The fourth-order valence-corrected chi connectivity index (χ4v) is 6.14. The Labute approximate surface area is 232 Å². The summed E-state index contributed by atoms with van der Waals surface area (Å²) in [6.07, 6.45) is 4.41. The van der Waals surface area contributed by atoms with Gasteiger partial charge in [0.15, 0.2) is 5.65 Å². The van der Waals surface area contributed by atoms with Crippen LogP contribution in [0.3, 0.4) is 0 Å². The third-order valence-electron chi connectivity index (χ3n) is 7.05. The highest BCUT2D eigenvalue weighted by atomic mass is 32.2. The summed E-state index contributed by atoms with van der Waals surface area (Å²) >= 11 is 0. The van der Waals surface area contributed by atoms with Gasteiger partial charge in [-0.25, -0.2) is 27.8 Å². The van der Waals surface area contributed by atoms with Gasteiger partial charge in [-0.1, -0.05) is 36.9 Å². The summed E-state index contributed by atoms with van der Waals surface area (Å²) in [5, 5.41) is 5.52. The summed E-state index contributed by atoms with van der Waals surface area (Å²) in [6, 6.07) is 12.3. The molecule has 0 spiro atoms. The Hall–Kier alpha value is -4.29. The van der Waals surface area contributed by atoms with Gasteiger partial charge in [-0.15, -0.1) is 0 Å². The quantitative estimate of drug-likeness (QED) is 0.312. The van der Waals surface area contributed by atoms with Crippen molar-refractivity contribution < 1.29 is 17.9 Å². The van der Waals surface area contributed by atoms with Crippen molar-refractivity contribution in [2.45, 2.75) is 37.2 Å². The number of nitrogens with zero attached hydrogens (tertiary/aromatic N) is 5. The number of piperidine rings is 1. The van der Waals surface area contributed by atoms with Crippen LogP contribution in [0.4, 0.5) is 5.82 Å². The molecule has 11 nitrogen and oxygen atoms in total. The number of anilines is 1. The average molecular weight is 562 g/mol. The van der Waals surface area contributed by atoms with Crippen LogP contribution in [0.2, 0.25) is 0 Å².